The minimum atomic E-state index is -0.267. The fourth-order valence-electron chi connectivity index (χ4n) is 2.60. The Morgan fingerprint density at radius 3 is 2.85 bits per heavy atom. The highest BCUT2D eigenvalue weighted by Crippen LogP contribution is 2.27. The number of nitrogens with one attached hydrogen (secondary N) is 2. The maximum Gasteiger partial charge on any atom is 0.257 e. The van der Waals surface area contributed by atoms with Gasteiger partial charge in [-0.2, -0.15) is 0 Å². The molecule has 0 aliphatic heterocycles. The van der Waals surface area contributed by atoms with Crippen LogP contribution in [0.25, 0.3) is 0 Å². The van der Waals surface area contributed by atoms with Crippen LogP contribution >= 0.6 is 0 Å². The van der Waals surface area contributed by atoms with Gasteiger partial charge in [0.05, 0.1) is 11.1 Å². The van der Waals surface area contributed by atoms with Gasteiger partial charge < -0.3 is 10.3 Å². The van der Waals surface area contributed by atoms with E-state index in [-0.39, 0.29) is 11.7 Å². The van der Waals surface area contributed by atoms with Gasteiger partial charge in [0.25, 0.3) is 5.91 Å². The van der Waals surface area contributed by atoms with Gasteiger partial charge >= 0.3 is 0 Å². The molecule has 2 N–H and O–H groups in total. The number of aromatic nitrogens is 2. The molecule has 5 heteroatoms. The van der Waals surface area contributed by atoms with Crippen molar-refractivity contribution in [1.82, 2.24) is 9.97 Å². The molecule has 0 bridgehead atoms. The number of rotatable bonds is 2. The summed E-state index contributed by atoms with van der Waals surface area (Å²) in [6, 6.07) is 3.42. The number of hydrogen-bond acceptors (Lipinski definition) is 3. The highest BCUT2D eigenvalue weighted by Gasteiger charge is 2.29. The Hall–Kier alpha value is -2.43. The standard InChI is InChI=1S/C15H15N3O2/c1-9-6-12-14(13(19)7-9)11(8-17-12)15(20)18-10-2-4-16-5-3-10/h2-5,8-9,17H,6-7H2,1H3,(H,16,18,20). The highest BCUT2D eigenvalue weighted by molar-refractivity contribution is 6.13. The molecule has 1 aliphatic carbocycles. The summed E-state index contributed by atoms with van der Waals surface area (Å²) in [6.07, 6.45) is 6.14. The molecule has 0 radical (unpaired) electrons. The van der Waals surface area contributed by atoms with Crippen molar-refractivity contribution >= 4 is 17.4 Å². The van der Waals surface area contributed by atoms with Gasteiger partial charge in [-0.3, -0.25) is 14.6 Å². The molecule has 5 nitrogen and oxygen atoms in total. The summed E-state index contributed by atoms with van der Waals surface area (Å²) in [6.45, 7) is 2.04. The number of amides is 1. The monoisotopic (exact) mass is 269 g/mol. The topological polar surface area (TPSA) is 74.8 Å². The van der Waals surface area contributed by atoms with Crippen molar-refractivity contribution in [1.29, 1.82) is 0 Å². The minimum absolute atomic E-state index is 0.0416. The van der Waals surface area contributed by atoms with Crippen LogP contribution < -0.4 is 5.32 Å². The van der Waals surface area contributed by atoms with Gasteiger partial charge in [0, 0.05) is 36.4 Å². The van der Waals surface area contributed by atoms with Crippen LogP contribution in [0.4, 0.5) is 5.69 Å². The molecule has 0 saturated carbocycles. The SMILES string of the molecule is CC1CC(=O)c2c(C(=O)Nc3ccncc3)c[nH]c2C1. The van der Waals surface area contributed by atoms with Crippen LogP contribution in [-0.2, 0) is 6.42 Å². The number of pyridine rings is 1. The second-order valence-corrected chi connectivity index (χ2v) is 5.18. The summed E-state index contributed by atoms with van der Waals surface area (Å²) in [5.41, 5.74) is 2.51. The molecule has 1 amide bonds. The maximum absolute atomic E-state index is 12.3. The zero-order valence-electron chi connectivity index (χ0n) is 11.1. The van der Waals surface area contributed by atoms with Crippen molar-refractivity contribution in [2.75, 3.05) is 5.32 Å². The van der Waals surface area contributed by atoms with E-state index < -0.39 is 0 Å². The Morgan fingerprint density at radius 1 is 1.35 bits per heavy atom. The number of fused-ring (bicyclic) bond motifs is 1. The summed E-state index contributed by atoms with van der Waals surface area (Å²) < 4.78 is 0. The second-order valence-electron chi connectivity index (χ2n) is 5.18. The summed E-state index contributed by atoms with van der Waals surface area (Å²) in [5, 5.41) is 2.78. The fraction of sp³-hybridized carbons (Fsp3) is 0.267. The number of H-pyrrole nitrogens is 1. The van der Waals surface area contributed by atoms with E-state index in [4.69, 9.17) is 0 Å². The van der Waals surface area contributed by atoms with Gasteiger partial charge in [0.1, 0.15) is 0 Å². The van der Waals surface area contributed by atoms with Crippen LogP contribution in [0.2, 0.25) is 0 Å². The van der Waals surface area contributed by atoms with Gasteiger partial charge in [-0.15, -0.1) is 0 Å². The number of aromatic amines is 1. The maximum atomic E-state index is 12.3. The lowest BCUT2D eigenvalue weighted by molar-refractivity contribution is 0.0940. The summed E-state index contributed by atoms with van der Waals surface area (Å²) in [5.74, 6) is 0.0984. The van der Waals surface area contributed by atoms with Crippen LogP contribution in [-0.4, -0.2) is 21.7 Å². The smallest absolute Gasteiger partial charge is 0.257 e. The lowest BCUT2D eigenvalue weighted by atomic mass is 9.86. The average Bonchev–Trinajstić information content (AvgIpc) is 2.84. The Labute approximate surface area is 116 Å². The Bertz CT molecular complexity index is 661. The van der Waals surface area contributed by atoms with E-state index in [0.29, 0.717) is 29.2 Å². The van der Waals surface area contributed by atoms with Crippen molar-refractivity contribution in [3.63, 3.8) is 0 Å². The Morgan fingerprint density at radius 2 is 2.10 bits per heavy atom. The molecule has 0 spiro atoms. The van der Waals surface area contributed by atoms with Gasteiger partial charge in [-0.25, -0.2) is 0 Å². The van der Waals surface area contributed by atoms with Gasteiger partial charge in [-0.1, -0.05) is 6.92 Å². The molecule has 1 unspecified atom stereocenters. The summed E-state index contributed by atoms with van der Waals surface area (Å²) >= 11 is 0. The van der Waals surface area contributed by atoms with Crippen LogP contribution in [0.15, 0.2) is 30.7 Å². The predicted molar refractivity (Wildman–Crippen MR) is 74.8 cm³/mol. The molecule has 0 aromatic carbocycles. The molecule has 2 heterocycles. The molecule has 1 atom stereocenters. The summed E-state index contributed by atoms with van der Waals surface area (Å²) in [4.78, 5) is 31.3. The van der Waals surface area contributed by atoms with E-state index in [1.807, 2.05) is 6.92 Å². The van der Waals surface area contributed by atoms with Gasteiger partial charge in [-0.05, 0) is 24.5 Å². The minimum Gasteiger partial charge on any atom is -0.364 e. The zero-order chi connectivity index (χ0) is 14.1. The Balaban J connectivity index is 1.88. The number of ketones is 1. The molecule has 102 valence electrons. The van der Waals surface area contributed by atoms with Crippen LogP contribution in [0.5, 0.6) is 0 Å². The van der Waals surface area contributed by atoms with E-state index >= 15 is 0 Å². The van der Waals surface area contributed by atoms with Crippen molar-refractivity contribution < 1.29 is 9.59 Å². The fourth-order valence-corrected chi connectivity index (χ4v) is 2.60. The van der Waals surface area contributed by atoms with Crippen molar-refractivity contribution in [2.45, 2.75) is 19.8 Å². The Kier molecular flexibility index (Phi) is 3.10. The highest BCUT2D eigenvalue weighted by atomic mass is 16.2. The first-order chi connectivity index (χ1) is 9.65. The molecule has 2 aromatic heterocycles. The molecule has 0 fully saturated rings. The molecule has 3 rings (SSSR count). The average molecular weight is 269 g/mol. The van der Waals surface area contributed by atoms with E-state index in [2.05, 4.69) is 15.3 Å². The lowest BCUT2D eigenvalue weighted by Gasteiger charge is -2.17. The molecule has 0 saturated heterocycles. The first kappa shape index (κ1) is 12.6. The third-order valence-corrected chi connectivity index (χ3v) is 3.51. The van der Waals surface area contributed by atoms with Crippen LogP contribution in [0.3, 0.4) is 0 Å². The number of carbonyl (C=O) groups is 2. The van der Waals surface area contributed by atoms with E-state index in [1.165, 1.54) is 0 Å². The molecule has 1 aliphatic rings. The zero-order valence-corrected chi connectivity index (χ0v) is 11.1. The number of anilines is 1. The van der Waals surface area contributed by atoms with Crippen LogP contribution in [0.1, 0.15) is 39.8 Å². The second kappa shape index (κ2) is 4.92. The lowest BCUT2D eigenvalue weighted by Crippen LogP contribution is -2.21. The molecular weight excluding hydrogens is 254 g/mol. The predicted octanol–water partition coefficient (Wildman–Crippen LogP) is 2.43. The van der Waals surface area contributed by atoms with Crippen molar-refractivity contribution in [2.24, 2.45) is 5.92 Å². The third-order valence-electron chi connectivity index (χ3n) is 3.51. The van der Waals surface area contributed by atoms with Gasteiger partial charge in [0.2, 0.25) is 0 Å². The van der Waals surface area contributed by atoms with E-state index in [9.17, 15) is 9.59 Å². The third kappa shape index (κ3) is 2.22. The first-order valence-electron chi connectivity index (χ1n) is 6.60. The number of hydrogen-bond donors (Lipinski definition) is 2. The largest absolute Gasteiger partial charge is 0.364 e. The number of carbonyl (C=O) groups excluding carboxylic acids is 2. The first-order valence-corrected chi connectivity index (χ1v) is 6.60. The van der Waals surface area contributed by atoms with Gasteiger partial charge in [0.15, 0.2) is 5.78 Å². The van der Waals surface area contributed by atoms with E-state index in [1.54, 1.807) is 30.7 Å². The molecule has 2 aromatic rings. The quantitative estimate of drug-likeness (QED) is 0.879. The number of Topliss-reactive ketones (excluding diaryl/α,β-unsaturated/α-hetero) is 1. The molecule has 20 heavy (non-hydrogen) atoms. The molecular formula is C15H15N3O2. The van der Waals surface area contributed by atoms with Crippen molar-refractivity contribution in [3.05, 3.63) is 47.5 Å². The van der Waals surface area contributed by atoms with E-state index in [0.717, 1.165) is 12.1 Å². The van der Waals surface area contributed by atoms with Crippen LogP contribution in [0, 0.1) is 5.92 Å². The normalized spacial score (nSPS) is 17.6. The number of nitrogens with zero attached hydrogens (tertiary/aromatic N) is 1. The van der Waals surface area contributed by atoms with Crippen molar-refractivity contribution in [3.8, 4) is 0 Å². The summed E-state index contributed by atoms with van der Waals surface area (Å²) in [7, 11) is 0.